The van der Waals surface area contributed by atoms with E-state index in [9.17, 15) is 9.90 Å². The van der Waals surface area contributed by atoms with Crippen molar-refractivity contribution >= 4 is 16.9 Å². The lowest BCUT2D eigenvalue weighted by molar-refractivity contribution is -0.149. The maximum absolute atomic E-state index is 12.3. The molecule has 3 saturated heterocycles. The van der Waals surface area contributed by atoms with E-state index < -0.39 is 11.4 Å². The summed E-state index contributed by atoms with van der Waals surface area (Å²) in [5.74, 6) is -0.404. The normalized spacial score (nSPS) is 29.5. The number of ether oxygens (including phenoxy) is 1. The Balaban J connectivity index is 1.31. The molecule has 1 aromatic carbocycles. The Bertz CT molecular complexity index is 888. The van der Waals surface area contributed by atoms with Crippen LogP contribution >= 0.6 is 0 Å². The summed E-state index contributed by atoms with van der Waals surface area (Å²) in [5, 5.41) is 11.4. The number of carbonyl (C=O) groups is 1. The molecule has 5 rings (SSSR count). The Hall–Kier alpha value is -1.89. The zero-order chi connectivity index (χ0) is 19.3. The second-order valence-electron chi connectivity index (χ2n) is 8.92. The van der Waals surface area contributed by atoms with E-state index in [1.54, 1.807) is 0 Å². The topological polar surface area (TPSA) is 57.9 Å². The SMILES string of the molecule is Cn1ccc2ccc(CN3C[C@H]4CN(C5CCOCC5)C[C@@]4(C(=O)O)C3)cc21. The highest BCUT2D eigenvalue weighted by Crippen LogP contribution is 2.44. The largest absolute Gasteiger partial charge is 0.481 e. The Labute approximate surface area is 165 Å². The van der Waals surface area contributed by atoms with Gasteiger partial charge in [0.2, 0.25) is 0 Å². The quantitative estimate of drug-likeness (QED) is 0.877. The van der Waals surface area contributed by atoms with Gasteiger partial charge < -0.3 is 14.4 Å². The molecule has 28 heavy (non-hydrogen) atoms. The van der Waals surface area contributed by atoms with Crippen molar-refractivity contribution in [2.75, 3.05) is 39.4 Å². The van der Waals surface area contributed by atoms with Crippen molar-refractivity contribution in [3.05, 3.63) is 36.0 Å². The lowest BCUT2D eigenvalue weighted by atomic mass is 9.81. The lowest BCUT2D eigenvalue weighted by Crippen LogP contribution is -2.44. The van der Waals surface area contributed by atoms with Crippen molar-refractivity contribution < 1.29 is 14.6 Å². The molecule has 0 aliphatic carbocycles. The molecule has 6 nitrogen and oxygen atoms in total. The Morgan fingerprint density at radius 2 is 2.04 bits per heavy atom. The number of aryl methyl sites for hydroxylation is 1. The molecule has 0 spiro atoms. The number of carboxylic acid groups (broad SMARTS) is 1. The number of hydrogen-bond donors (Lipinski definition) is 1. The molecule has 6 heteroatoms. The second kappa shape index (κ2) is 6.87. The maximum Gasteiger partial charge on any atom is 0.312 e. The van der Waals surface area contributed by atoms with Gasteiger partial charge in [-0.1, -0.05) is 12.1 Å². The molecule has 2 atom stereocenters. The summed E-state index contributed by atoms with van der Waals surface area (Å²) in [6.07, 6.45) is 4.14. The first-order valence-corrected chi connectivity index (χ1v) is 10.4. The van der Waals surface area contributed by atoms with Gasteiger partial charge in [0.1, 0.15) is 0 Å². The third-order valence-corrected chi connectivity index (χ3v) is 7.20. The van der Waals surface area contributed by atoms with Crippen LogP contribution in [0.15, 0.2) is 30.5 Å². The molecule has 1 aromatic heterocycles. The number of likely N-dealkylation sites (tertiary alicyclic amines) is 2. The molecule has 0 radical (unpaired) electrons. The fourth-order valence-corrected chi connectivity index (χ4v) is 5.62. The summed E-state index contributed by atoms with van der Waals surface area (Å²) in [5.41, 5.74) is 1.87. The molecule has 3 fully saturated rings. The number of aromatic nitrogens is 1. The molecule has 1 N–H and O–H groups in total. The van der Waals surface area contributed by atoms with Crippen molar-refractivity contribution in [1.29, 1.82) is 0 Å². The molecule has 3 aliphatic rings. The minimum atomic E-state index is -0.618. The van der Waals surface area contributed by atoms with E-state index in [2.05, 4.69) is 51.9 Å². The zero-order valence-electron chi connectivity index (χ0n) is 16.5. The predicted octanol–water partition coefficient (Wildman–Crippen LogP) is 2.18. The van der Waals surface area contributed by atoms with Crippen molar-refractivity contribution in [2.45, 2.75) is 25.4 Å². The van der Waals surface area contributed by atoms with Gasteiger partial charge >= 0.3 is 5.97 Å². The van der Waals surface area contributed by atoms with E-state index in [0.29, 0.717) is 19.1 Å². The third-order valence-electron chi connectivity index (χ3n) is 7.20. The monoisotopic (exact) mass is 383 g/mol. The Morgan fingerprint density at radius 3 is 2.79 bits per heavy atom. The highest BCUT2D eigenvalue weighted by atomic mass is 16.5. The molecular weight excluding hydrogens is 354 g/mol. The Kier molecular flexibility index (Phi) is 4.45. The van der Waals surface area contributed by atoms with Crippen LogP contribution in [-0.2, 0) is 23.1 Å². The van der Waals surface area contributed by atoms with Gasteiger partial charge in [0, 0.05) is 76.7 Å². The van der Waals surface area contributed by atoms with Gasteiger partial charge in [0.15, 0.2) is 0 Å². The van der Waals surface area contributed by atoms with E-state index >= 15 is 0 Å². The first-order chi connectivity index (χ1) is 13.5. The molecule has 3 aliphatic heterocycles. The molecule has 0 saturated carbocycles. The van der Waals surface area contributed by atoms with Gasteiger partial charge in [-0.15, -0.1) is 0 Å². The number of hydrogen-bond acceptors (Lipinski definition) is 4. The van der Waals surface area contributed by atoms with E-state index in [4.69, 9.17) is 4.74 Å². The van der Waals surface area contributed by atoms with Gasteiger partial charge in [-0.05, 0) is 35.9 Å². The average Bonchev–Trinajstić information content (AvgIpc) is 3.34. The van der Waals surface area contributed by atoms with Crippen LogP contribution in [0.4, 0.5) is 0 Å². The summed E-state index contributed by atoms with van der Waals surface area (Å²) in [4.78, 5) is 17.1. The first kappa shape index (κ1) is 18.2. The van der Waals surface area contributed by atoms with Gasteiger partial charge in [0.05, 0.1) is 5.41 Å². The summed E-state index contributed by atoms with van der Waals surface area (Å²) < 4.78 is 7.63. The minimum Gasteiger partial charge on any atom is -0.481 e. The molecule has 2 aromatic rings. The van der Waals surface area contributed by atoms with Gasteiger partial charge in [-0.25, -0.2) is 0 Å². The Morgan fingerprint density at radius 1 is 1.21 bits per heavy atom. The van der Waals surface area contributed by atoms with E-state index in [-0.39, 0.29) is 5.92 Å². The highest BCUT2D eigenvalue weighted by molar-refractivity contribution is 5.80. The summed E-state index contributed by atoms with van der Waals surface area (Å²) in [6.45, 7) is 5.55. The molecule has 0 amide bonds. The standard InChI is InChI=1S/C22H29N3O3/c1-23-7-4-17-3-2-16(10-20(17)23)11-24-12-18-13-25(19-5-8-28-9-6-19)15-22(18,14-24)21(26)27/h2-4,7,10,18-19H,5-6,8-9,11-15H2,1H3,(H,26,27)/t18-,22-/m0/s1. The predicted molar refractivity (Wildman–Crippen MR) is 107 cm³/mol. The van der Waals surface area contributed by atoms with Crippen molar-refractivity contribution in [3.63, 3.8) is 0 Å². The van der Waals surface area contributed by atoms with E-state index in [1.165, 1.54) is 16.5 Å². The van der Waals surface area contributed by atoms with Crippen molar-refractivity contribution in [3.8, 4) is 0 Å². The summed E-state index contributed by atoms with van der Waals surface area (Å²) >= 11 is 0. The molecule has 0 bridgehead atoms. The summed E-state index contributed by atoms with van der Waals surface area (Å²) in [6, 6.07) is 9.21. The average molecular weight is 383 g/mol. The number of rotatable bonds is 4. The van der Waals surface area contributed by atoms with E-state index in [0.717, 1.165) is 45.7 Å². The smallest absolute Gasteiger partial charge is 0.312 e. The third kappa shape index (κ3) is 2.95. The fraction of sp³-hybridized carbons (Fsp3) is 0.591. The van der Waals surface area contributed by atoms with Gasteiger partial charge in [-0.3, -0.25) is 14.6 Å². The number of benzene rings is 1. The number of nitrogens with zero attached hydrogens (tertiary/aromatic N) is 3. The molecule has 0 unspecified atom stereocenters. The minimum absolute atomic E-state index is 0.214. The molecule has 150 valence electrons. The maximum atomic E-state index is 12.3. The van der Waals surface area contributed by atoms with Crippen LogP contribution < -0.4 is 0 Å². The first-order valence-electron chi connectivity index (χ1n) is 10.4. The number of aliphatic carboxylic acids is 1. The van der Waals surface area contributed by atoms with E-state index in [1.807, 2.05) is 0 Å². The van der Waals surface area contributed by atoms with Crippen molar-refractivity contribution in [2.24, 2.45) is 18.4 Å². The van der Waals surface area contributed by atoms with Gasteiger partial charge in [0.25, 0.3) is 0 Å². The fourth-order valence-electron chi connectivity index (χ4n) is 5.62. The van der Waals surface area contributed by atoms with Crippen LogP contribution in [0.2, 0.25) is 0 Å². The summed E-state index contributed by atoms with van der Waals surface area (Å²) in [7, 11) is 2.07. The van der Waals surface area contributed by atoms with Crippen LogP contribution in [0.5, 0.6) is 0 Å². The van der Waals surface area contributed by atoms with Crippen LogP contribution in [0.25, 0.3) is 10.9 Å². The lowest BCUT2D eigenvalue weighted by Gasteiger charge is -2.33. The molecular formula is C22H29N3O3. The highest BCUT2D eigenvalue weighted by Gasteiger charge is 2.58. The van der Waals surface area contributed by atoms with Gasteiger partial charge in [-0.2, -0.15) is 0 Å². The number of carboxylic acids is 1. The zero-order valence-corrected chi connectivity index (χ0v) is 16.5. The van der Waals surface area contributed by atoms with Crippen LogP contribution in [0.1, 0.15) is 18.4 Å². The molecule has 4 heterocycles. The number of fused-ring (bicyclic) bond motifs is 2. The van der Waals surface area contributed by atoms with Crippen molar-refractivity contribution in [1.82, 2.24) is 14.4 Å². The van der Waals surface area contributed by atoms with Crippen LogP contribution in [0, 0.1) is 11.3 Å². The second-order valence-corrected chi connectivity index (χ2v) is 8.92. The van der Waals surface area contributed by atoms with Crippen LogP contribution in [0.3, 0.4) is 0 Å². The van der Waals surface area contributed by atoms with Crippen LogP contribution in [-0.4, -0.2) is 70.9 Å².